The van der Waals surface area contributed by atoms with E-state index in [0.29, 0.717) is 48.2 Å². The molecule has 3 aliphatic rings. The molecule has 0 aromatic heterocycles. The second-order valence-corrected chi connectivity index (χ2v) is 8.58. The van der Waals surface area contributed by atoms with Gasteiger partial charge in [0.25, 0.3) is 0 Å². The summed E-state index contributed by atoms with van der Waals surface area (Å²) in [5.41, 5.74) is 3.15. The monoisotopic (exact) mass is 488 g/mol. The molecule has 6 rings (SSSR count). The van der Waals surface area contributed by atoms with Crippen molar-refractivity contribution in [3.8, 4) is 28.7 Å². The zero-order valence-electron chi connectivity index (χ0n) is 19.8. The summed E-state index contributed by atoms with van der Waals surface area (Å²) < 4.78 is 28.6. The molecule has 184 valence electrons. The lowest BCUT2D eigenvalue weighted by Crippen LogP contribution is -2.34. The lowest BCUT2D eigenvalue weighted by molar-refractivity contribution is -0.0199. The van der Waals surface area contributed by atoms with Crippen LogP contribution >= 0.6 is 0 Å². The van der Waals surface area contributed by atoms with Crippen LogP contribution in [0.4, 0.5) is 0 Å². The first-order chi connectivity index (χ1) is 17.6. The fourth-order valence-electron chi connectivity index (χ4n) is 5.01. The molecule has 3 aromatic carbocycles. The summed E-state index contributed by atoms with van der Waals surface area (Å²) >= 11 is 0. The van der Waals surface area contributed by atoms with Crippen LogP contribution in [0.3, 0.4) is 0 Å². The minimum Gasteiger partial charge on any atom is -0.493 e. The number of hydrogen-bond acceptors (Lipinski definition) is 8. The van der Waals surface area contributed by atoms with Crippen molar-refractivity contribution in [1.29, 1.82) is 0 Å². The van der Waals surface area contributed by atoms with E-state index >= 15 is 0 Å². The molecular weight excluding hydrogens is 464 g/mol. The third kappa shape index (κ3) is 3.46. The molecule has 2 atom stereocenters. The maximum Gasteiger partial charge on any atom is 0.340 e. The standard InChI is InChI=1S/C27H24N2O7/c1-32-22-10-8-17(24(27(30)31)25(22)33-2)26-29-19(16-5-3-4-6-20(16)36-26)14-18(28-29)15-7-9-21-23(13-15)35-12-11-34-21/h3-10,13,19,26H,11-12,14H2,1-2H3,(H,30,31)/t19-,26+/m0/s1. The zero-order chi connectivity index (χ0) is 24.8. The average Bonchev–Trinajstić information content (AvgIpc) is 3.37. The van der Waals surface area contributed by atoms with Crippen LogP contribution < -0.4 is 23.7 Å². The maximum absolute atomic E-state index is 12.4. The van der Waals surface area contributed by atoms with Crippen molar-refractivity contribution in [2.24, 2.45) is 5.10 Å². The van der Waals surface area contributed by atoms with Crippen molar-refractivity contribution in [2.75, 3.05) is 27.4 Å². The summed E-state index contributed by atoms with van der Waals surface area (Å²) in [4.78, 5) is 12.4. The van der Waals surface area contributed by atoms with Crippen molar-refractivity contribution < 1.29 is 33.6 Å². The first-order valence-electron chi connectivity index (χ1n) is 11.6. The Morgan fingerprint density at radius 2 is 1.78 bits per heavy atom. The van der Waals surface area contributed by atoms with E-state index in [0.717, 1.165) is 16.8 Å². The molecule has 3 aromatic rings. The van der Waals surface area contributed by atoms with Gasteiger partial charge in [-0.05, 0) is 36.4 Å². The molecule has 0 amide bonds. The molecule has 9 heteroatoms. The van der Waals surface area contributed by atoms with Crippen LogP contribution in [0.1, 0.15) is 45.7 Å². The molecule has 0 spiro atoms. The molecular formula is C27H24N2O7. The van der Waals surface area contributed by atoms with Gasteiger partial charge < -0.3 is 28.8 Å². The molecule has 3 heterocycles. The van der Waals surface area contributed by atoms with E-state index in [1.54, 1.807) is 12.1 Å². The van der Waals surface area contributed by atoms with Gasteiger partial charge in [-0.1, -0.05) is 18.2 Å². The fourth-order valence-corrected chi connectivity index (χ4v) is 5.01. The number of methoxy groups -OCH3 is 2. The van der Waals surface area contributed by atoms with Gasteiger partial charge in [-0.2, -0.15) is 5.10 Å². The number of para-hydroxylation sites is 1. The molecule has 9 nitrogen and oxygen atoms in total. The summed E-state index contributed by atoms with van der Waals surface area (Å²) in [6.07, 6.45) is -0.169. The summed E-state index contributed by atoms with van der Waals surface area (Å²) in [6.45, 7) is 1.02. The molecule has 0 aliphatic carbocycles. The molecule has 1 N–H and O–H groups in total. The number of carboxylic acids is 1. The number of aromatic carboxylic acids is 1. The van der Waals surface area contributed by atoms with Crippen molar-refractivity contribution in [2.45, 2.75) is 18.7 Å². The van der Waals surface area contributed by atoms with Gasteiger partial charge in [0.2, 0.25) is 6.23 Å². The van der Waals surface area contributed by atoms with Crippen LogP contribution in [0.2, 0.25) is 0 Å². The molecule has 3 aliphatic heterocycles. The molecule has 0 fully saturated rings. The third-order valence-corrected chi connectivity index (χ3v) is 6.63. The van der Waals surface area contributed by atoms with Crippen LogP contribution in [-0.2, 0) is 0 Å². The van der Waals surface area contributed by atoms with Crippen LogP contribution in [0.5, 0.6) is 28.7 Å². The minimum absolute atomic E-state index is 0.0250. The van der Waals surface area contributed by atoms with Gasteiger partial charge in [0.1, 0.15) is 24.5 Å². The van der Waals surface area contributed by atoms with E-state index in [1.165, 1.54) is 14.2 Å². The number of ether oxygens (including phenoxy) is 5. The highest BCUT2D eigenvalue weighted by molar-refractivity contribution is 6.02. The first-order valence-corrected chi connectivity index (χ1v) is 11.6. The average molecular weight is 488 g/mol. The Morgan fingerprint density at radius 1 is 0.972 bits per heavy atom. The van der Waals surface area contributed by atoms with Crippen molar-refractivity contribution in [3.05, 3.63) is 76.9 Å². The predicted octanol–water partition coefficient (Wildman–Crippen LogP) is 4.42. The lowest BCUT2D eigenvalue weighted by Gasteiger charge is -2.38. The first kappa shape index (κ1) is 22.1. The number of rotatable bonds is 5. The van der Waals surface area contributed by atoms with Gasteiger partial charge in [-0.3, -0.25) is 0 Å². The van der Waals surface area contributed by atoms with Gasteiger partial charge in [-0.25, -0.2) is 9.80 Å². The molecule has 0 saturated carbocycles. The topological polar surface area (TPSA) is 99.1 Å². The smallest absolute Gasteiger partial charge is 0.340 e. The molecule has 0 radical (unpaired) electrons. The summed E-state index contributed by atoms with van der Waals surface area (Å²) in [5.74, 6) is 1.41. The van der Waals surface area contributed by atoms with E-state index in [4.69, 9.17) is 28.8 Å². The van der Waals surface area contributed by atoms with Crippen LogP contribution in [0, 0.1) is 0 Å². The SMILES string of the molecule is COc1ccc([C@H]2Oc3ccccc3[C@@H]3CC(c4ccc5c(c4)OCCO5)=NN23)c(C(=O)O)c1OC. The Morgan fingerprint density at radius 3 is 2.56 bits per heavy atom. The Bertz CT molecular complexity index is 1390. The number of carbonyl (C=O) groups is 1. The second-order valence-electron chi connectivity index (χ2n) is 8.58. The van der Waals surface area contributed by atoms with Crippen molar-refractivity contribution >= 4 is 11.7 Å². The van der Waals surface area contributed by atoms with E-state index in [9.17, 15) is 9.90 Å². The Kier molecular flexibility index (Phi) is 5.32. The maximum atomic E-state index is 12.4. The van der Waals surface area contributed by atoms with E-state index in [2.05, 4.69) is 0 Å². The van der Waals surface area contributed by atoms with E-state index < -0.39 is 12.2 Å². The van der Waals surface area contributed by atoms with E-state index in [1.807, 2.05) is 47.5 Å². The van der Waals surface area contributed by atoms with Crippen molar-refractivity contribution in [3.63, 3.8) is 0 Å². The minimum atomic E-state index is -1.14. The van der Waals surface area contributed by atoms with Gasteiger partial charge in [0.15, 0.2) is 23.0 Å². The number of nitrogens with zero attached hydrogens (tertiary/aromatic N) is 2. The highest BCUT2D eigenvalue weighted by atomic mass is 16.6. The molecule has 0 bridgehead atoms. The molecule has 0 saturated heterocycles. The normalized spacial score (nSPS) is 19.5. The quantitative estimate of drug-likeness (QED) is 0.564. The number of fused-ring (bicyclic) bond motifs is 4. The van der Waals surface area contributed by atoms with Gasteiger partial charge in [0, 0.05) is 23.1 Å². The summed E-state index contributed by atoms with van der Waals surface area (Å²) in [6, 6.07) is 16.8. The number of carboxylic acid groups (broad SMARTS) is 1. The number of hydrazone groups is 1. The van der Waals surface area contributed by atoms with Gasteiger partial charge in [-0.15, -0.1) is 0 Å². The number of hydrogen-bond donors (Lipinski definition) is 1. The summed E-state index contributed by atoms with van der Waals surface area (Å²) in [7, 11) is 2.89. The zero-order valence-corrected chi connectivity index (χ0v) is 19.8. The fraction of sp³-hybridized carbons (Fsp3) is 0.259. The third-order valence-electron chi connectivity index (χ3n) is 6.63. The van der Waals surface area contributed by atoms with E-state index in [-0.39, 0.29) is 17.4 Å². The Hall–Kier alpha value is -4.40. The predicted molar refractivity (Wildman–Crippen MR) is 129 cm³/mol. The number of benzene rings is 3. The Labute approximate surface area is 207 Å². The largest absolute Gasteiger partial charge is 0.493 e. The second kappa shape index (κ2) is 8.67. The van der Waals surface area contributed by atoms with Gasteiger partial charge in [0.05, 0.1) is 26.0 Å². The van der Waals surface area contributed by atoms with Crippen molar-refractivity contribution in [1.82, 2.24) is 5.01 Å². The van der Waals surface area contributed by atoms with Gasteiger partial charge >= 0.3 is 5.97 Å². The van der Waals surface area contributed by atoms with Crippen LogP contribution in [0.25, 0.3) is 0 Å². The molecule has 36 heavy (non-hydrogen) atoms. The highest BCUT2D eigenvalue weighted by Gasteiger charge is 2.43. The highest BCUT2D eigenvalue weighted by Crippen LogP contribution is 2.49. The lowest BCUT2D eigenvalue weighted by atomic mass is 9.95. The summed E-state index contributed by atoms with van der Waals surface area (Å²) in [5, 5.41) is 16.9. The van der Waals surface area contributed by atoms with Crippen LogP contribution in [-0.4, -0.2) is 49.2 Å². The van der Waals surface area contributed by atoms with Crippen LogP contribution in [0.15, 0.2) is 59.7 Å². The molecule has 0 unspecified atom stereocenters. The Balaban J connectivity index is 1.47.